The van der Waals surface area contributed by atoms with E-state index in [2.05, 4.69) is 5.32 Å². The molecule has 3 heteroatoms. The van der Waals surface area contributed by atoms with Gasteiger partial charge < -0.3 is 15.2 Å². The summed E-state index contributed by atoms with van der Waals surface area (Å²) in [6.45, 7) is 5.41. The van der Waals surface area contributed by atoms with Gasteiger partial charge in [-0.3, -0.25) is 0 Å². The van der Waals surface area contributed by atoms with Crippen molar-refractivity contribution < 1.29 is 9.84 Å². The summed E-state index contributed by atoms with van der Waals surface area (Å²) >= 11 is 0. The molecule has 0 rings (SSSR count). The van der Waals surface area contributed by atoms with Crippen molar-refractivity contribution in [3.63, 3.8) is 0 Å². The number of ether oxygens (including phenoxy) is 1. The van der Waals surface area contributed by atoms with Gasteiger partial charge in [0.15, 0.2) is 0 Å². The SMILES string of the molecule is CCC(O)CNCC(C)OC. The van der Waals surface area contributed by atoms with Gasteiger partial charge in [0, 0.05) is 20.2 Å². The Kier molecular flexibility index (Phi) is 6.51. The van der Waals surface area contributed by atoms with Crippen LogP contribution in [0.5, 0.6) is 0 Å². The van der Waals surface area contributed by atoms with Crippen LogP contribution in [0.1, 0.15) is 20.3 Å². The molecule has 0 aliphatic rings. The largest absolute Gasteiger partial charge is 0.392 e. The Morgan fingerprint density at radius 1 is 1.45 bits per heavy atom. The van der Waals surface area contributed by atoms with E-state index in [0.717, 1.165) is 13.0 Å². The maximum Gasteiger partial charge on any atom is 0.0667 e. The summed E-state index contributed by atoms with van der Waals surface area (Å²) < 4.78 is 5.02. The lowest BCUT2D eigenvalue weighted by Gasteiger charge is -2.12. The van der Waals surface area contributed by atoms with Crippen molar-refractivity contribution in [1.82, 2.24) is 5.32 Å². The Bertz CT molecular complexity index is 78.2. The van der Waals surface area contributed by atoms with Crippen molar-refractivity contribution in [3.05, 3.63) is 0 Å². The van der Waals surface area contributed by atoms with E-state index in [9.17, 15) is 0 Å². The Labute approximate surface area is 68.8 Å². The van der Waals surface area contributed by atoms with E-state index in [0.29, 0.717) is 6.54 Å². The van der Waals surface area contributed by atoms with Crippen LogP contribution in [0.25, 0.3) is 0 Å². The molecule has 3 nitrogen and oxygen atoms in total. The predicted molar refractivity (Wildman–Crippen MR) is 45.6 cm³/mol. The second-order valence-corrected chi connectivity index (χ2v) is 2.77. The number of aliphatic hydroxyl groups is 1. The second-order valence-electron chi connectivity index (χ2n) is 2.77. The fraction of sp³-hybridized carbons (Fsp3) is 1.00. The minimum Gasteiger partial charge on any atom is -0.392 e. The van der Waals surface area contributed by atoms with Crippen molar-refractivity contribution >= 4 is 0 Å². The van der Waals surface area contributed by atoms with Gasteiger partial charge in [-0.1, -0.05) is 6.92 Å². The molecule has 0 saturated heterocycles. The summed E-state index contributed by atoms with van der Waals surface area (Å²) in [5.41, 5.74) is 0. The molecule has 0 aromatic heterocycles. The van der Waals surface area contributed by atoms with Gasteiger partial charge in [0.1, 0.15) is 0 Å². The maximum absolute atomic E-state index is 9.14. The van der Waals surface area contributed by atoms with Crippen molar-refractivity contribution in [1.29, 1.82) is 0 Å². The molecule has 0 spiro atoms. The molecule has 2 unspecified atom stereocenters. The number of nitrogens with one attached hydrogen (secondary N) is 1. The van der Waals surface area contributed by atoms with E-state index in [1.807, 2.05) is 13.8 Å². The smallest absolute Gasteiger partial charge is 0.0667 e. The molecule has 0 amide bonds. The molecule has 0 aromatic rings. The number of hydrogen-bond donors (Lipinski definition) is 2. The highest BCUT2D eigenvalue weighted by Gasteiger charge is 2.01. The topological polar surface area (TPSA) is 41.5 Å². The monoisotopic (exact) mass is 161 g/mol. The number of methoxy groups -OCH3 is 1. The van der Waals surface area contributed by atoms with Gasteiger partial charge in [-0.2, -0.15) is 0 Å². The summed E-state index contributed by atoms with van der Waals surface area (Å²) in [7, 11) is 1.68. The quantitative estimate of drug-likeness (QED) is 0.592. The molecule has 0 radical (unpaired) electrons. The van der Waals surface area contributed by atoms with Crippen LogP contribution in [0.3, 0.4) is 0 Å². The Morgan fingerprint density at radius 3 is 2.55 bits per heavy atom. The standard InChI is InChI=1S/C8H19NO2/c1-4-8(10)6-9-5-7(2)11-3/h7-10H,4-6H2,1-3H3. The minimum atomic E-state index is -0.223. The van der Waals surface area contributed by atoms with E-state index in [1.165, 1.54) is 0 Å². The van der Waals surface area contributed by atoms with Gasteiger partial charge in [-0.25, -0.2) is 0 Å². The molecule has 68 valence electrons. The van der Waals surface area contributed by atoms with Crippen LogP contribution < -0.4 is 5.32 Å². The van der Waals surface area contributed by atoms with Gasteiger partial charge in [0.05, 0.1) is 12.2 Å². The van der Waals surface area contributed by atoms with E-state index in [4.69, 9.17) is 9.84 Å². The average molecular weight is 161 g/mol. The average Bonchev–Trinajstić information content (AvgIpc) is 2.04. The first kappa shape index (κ1) is 10.9. The van der Waals surface area contributed by atoms with Crippen LogP contribution in [0.2, 0.25) is 0 Å². The number of hydrogen-bond acceptors (Lipinski definition) is 3. The van der Waals surface area contributed by atoms with Crippen LogP contribution in [0.15, 0.2) is 0 Å². The summed E-state index contributed by atoms with van der Waals surface area (Å²) in [6, 6.07) is 0. The highest BCUT2D eigenvalue weighted by Crippen LogP contribution is 1.88. The van der Waals surface area contributed by atoms with Crippen molar-refractivity contribution in [2.24, 2.45) is 0 Å². The molecule has 0 aromatic carbocycles. The highest BCUT2D eigenvalue weighted by atomic mass is 16.5. The van der Waals surface area contributed by atoms with Crippen molar-refractivity contribution in [2.45, 2.75) is 32.5 Å². The summed E-state index contributed by atoms with van der Waals surface area (Å²) in [5, 5.41) is 12.3. The fourth-order valence-corrected chi connectivity index (χ4v) is 0.681. The van der Waals surface area contributed by atoms with E-state index >= 15 is 0 Å². The first-order chi connectivity index (χ1) is 5.20. The first-order valence-corrected chi connectivity index (χ1v) is 4.12. The number of aliphatic hydroxyl groups excluding tert-OH is 1. The molecular formula is C8H19NO2. The third-order valence-corrected chi connectivity index (χ3v) is 1.69. The highest BCUT2D eigenvalue weighted by molar-refractivity contribution is 4.59. The summed E-state index contributed by atoms with van der Waals surface area (Å²) in [4.78, 5) is 0. The predicted octanol–water partition coefficient (Wildman–Crippen LogP) is 0.382. The molecule has 0 bridgehead atoms. The summed E-state index contributed by atoms with van der Waals surface area (Å²) in [6.07, 6.45) is 0.798. The van der Waals surface area contributed by atoms with Crippen LogP contribution in [0, 0.1) is 0 Å². The Balaban J connectivity index is 3.13. The van der Waals surface area contributed by atoms with Gasteiger partial charge in [-0.05, 0) is 13.3 Å². The number of rotatable bonds is 6. The third kappa shape index (κ3) is 6.28. The fourth-order valence-electron chi connectivity index (χ4n) is 0.681. The maximum atomic E-state index is 9.14. The van der Waals surface area contributed by atoms with Gasteiger partial charge >= 0.3 is 0 Å². The molecule has 0 aliphatic carbocycles. The van der Waals surface area contributed by atoms with Crippen LogP contribution in [0.4, 0.5) is 0 Å². The van der Waals surface area contributed by atoms with Gasteiger partial charge in [0.2, 0.25) is 0 Å². The lowest BCUT2D eigenvalue weighted by Crippen LogP contribution is -2.32. The molecule has 11 heavy (non-hydrogen) atoms. The second kappa shape index (κ2) is 6.58. The zero-order valence-electron chi connectivity index (χ0n) is 7.63. The van der Waals surface area contributed by atoms with E-state index in [-0.39, 0.29) is 12.2 Å². The van der Waals surface area contributed by atoms with Crippen LogP contribution in [-0.4, -0.2) is 37.5 Å². The van der Waals surface area contributed by atoms with Crippen molar-refractivity contribution in [2.75, 3.05) is 20.2 Å². The molecule has 0 heterocycles. The van der Waals surface area contributed by atoms with E-state index < -0.39 is 0 Å². The molecule has 0 fully saturated rings. The lowest BCUT2D eigenvalue weighted by molar-refractivity contribution is 0.108. The normalized spacial score (nSPS) is 16.4. The Morgan fingerprint density at radius 2 is 2.09 bits per heavy atom. The molecular weight excluding hydrogens is 142 g/mol. The van der Waals surface area contributed by atoms with Crippen molar-refractivity contribution in [3.8, 4) is 0 Å². The third-order valence-electron chi connectivity index (χ3n) is 1.69. The van der Waals surface area contributed by atoms with Gasteiger partial charge in [-0.15, -0.1) is 0 Å². The molecule has 2 atom stereocenters. The van der Waals surface area contributed by atoms with E-state index in [1.54, 1.807) is 7.11 Å². The Hall–Kier alpha value is -0.120. The van der Waals surface area contributed by atoms with Gasteiger partial charge in [0.25, 0.3) is 0 Å². The van der Waals surface area contributed by atoms with Crippen LogP contribution >= 0.6 is 0 Å². The summed E-state index contributed by atoms with van der Waals surface area (Å²) in [5.74, 6) is 0. The zero-order chi connectivity index (χ0) is 8.69. The molecule has 2 N–H and O–H groups in total. The lowest BCUT2D eigenvalue weighted by atomic mass is 10.3. The molecule has 0 saturated carbocycles. The zero-order valence-corrected chi connectivity index (χ0v) is 7.63. The minimum absolute atomic E-state index is 0.221. The first-order valence-electron chi connectivity index (χ1n) is 4.12. The van der Waals surface area contributed by atoms with Crippen LogP contribution in [-0.2, 0) is 4.74 Å². The molecule has 0 aliphatic heterocycles.